The molecule has 2 fully saturated rings. The van der Waals surface area contributed by atoms with Gasteiger partial charge in [-0.1, -0.05) is 269 Å². The normalized spacial score (nSPS) is 24.3. The van der Waals surface area contributed by atoms with Gasteiger partial charge in [0.25, 0.3) is 0 Å². The van der Waals surface area contributed by atoms with Gasteiger partial charge in [-0.3, -0.25) is 4.79 Å². The lowest BCUT2D eigenvalue weighted by atomic mass is 9.97. The van der Waals surface area contributed by atoms with Gasteiger partial charge in [0.2, 0.25) is 5.91 Å². The van der Waals surface area contributed by atoms with Crippen molar-refractivity contribution in [3.05, 3.63) is 24.3 Å². The number of nitrogens with one attached hydrogen (secondary N) is 1. The van der Waals surface area contributed by atoms with E-state index in [1.54, 1.807) is 6.08 Å². The Morgan fingerprint density at radius 3 is 1.19 bits per heavy atom. The van der Waals surface area contributed by atoms with E-state index in [0.717, 1.165) is 38.5 Å². The van der Waals surface area contributed by atoms with Crippen molar-refractivity contribution in [1.29, 1.82) is 0 Å². The molecule has 0 radical (unpaired) electrons. The molecule has 14 nitrogen and oxygen atoms in total. The fourth-order valence-corrected chi connectivity index (χ4v) is 11.2. The second kappa shape index (κ2) is 51.9. The third-order valence-electron chi connectivity index (χ3n) is 16.6. The number of aliphatic hydroxyl groups is 8. The Labute approximate surface area is 488 Å². The van der Waals surface area contributed by atoms with Crippen LogP contribution in [-0.2, 0) is 23.7 Å². The number of amides is 1. The van der Waals surface area contributed by atoms with E-state index >= 15 is 0 Å². The van der Waals surface area contributed by atoms with E-state index in [-0.39, 0.29) is 18.9 Å². The Balaban J connectivity index is 1.71. The van der Waals surface area contributed by atoms with Gasteiger partial charge in [0.1, 0.15) is 48.8 Å². The Morgan fingerprint density at radius 2 is 0.787 bits per heavy atom. The van der Waals surface area contributed by atoms with Crippen LogP contribution in [0.3, 0.4) is 0 Å². The maximum absolute atomic E-state index is 13.3. The zero-order valence-electron chi connectivity index (χ0n) is 51.1. The summed E-state index contributed by atoms with van der Waals surface area (Å²) in [5.74, 6) is -0.235. The maximum Gasteiger partial charge on any atom is 0.220 e. The number of carbonyl (C=O) groups is 1. The molecule has 2 saturated heterocycles. The van der Waals surface area contributed by atoms with Crippen molar-refractivity contribution in [2.45, 2.75) is 370 Å². The summed E-state index contributed by atoms with van der Waals surface area (Å²) in [5, 5.41) is 87.3. The van der Waals surface area contributed by atoms with E-state index in [4.69, 9.17) is 18.9 Å². The number of hydrogen-bond donors (Lipinski definition) is 9. The zero-order valence-corrected chi connectivity index (χ0v) is 51.1. The number of carbonyl (C=O) groups excluding carboxylic acids is 1. The van der Waals surface area contributed by atoms with Crippen LogP contribution in [0.1, 0.15) is 296 Å². The molecule has 0 aliphatic carbocycles. The van der Waals surface area contributed by atoms with Crippen LogP contribution in [0.25, 0.3) is 0 Å². The second-order valence-corrected chi connectivity index (χ2v) is 24.0. The van der Waals surface area contributed by atoms with E-state index < -0.39 is 86.8 Å². The van der Waals surface area contributed by atoms with Gasteiger partial charge < -0.3 is 65.1 Å². The first-order chi connectivity index (χ1) is 39.1. The zero-order chi connectivity index (χ0) is 58.1. The molecule has 0 aromatic rings. The summed E-state index contributed by atoms with van der Waals surface area (Å²) in [4.78, 5) is 13.3. The summed E-state index contributed by atoms with van der Waals surface area (Å²) in [6.45, 7) is 2.84. The highest BCUT2D eigenvalue weighted by molar-refractivity contribution is 5.76. The first-order valence-electron chi connectivity index (χ1n) is 33.6. The topological polar surface area (TPSA) is 228 Å². The van der Waals surface area contributed by atoms with Gasteiger partial charge in [-0.05, 0) is 44.9 Å². The molecular formula is C66H125NO13. The molecule has 2 heterocycles. The van der Waals surface area contributed by atoms with Gasteiger partial charge in [0.15, 0.2) is 12.6 Å². The van der Waals surface area contributed by atoms with Crippen molar-refractivity contribution >= 4 is 5.91 Å². The molecule has 2 aliphatic heterocycles. The highest BCUT2D eigenvalue weighted by atomic mass is 16.7. The Morgan fingerprint density at radius 1 is 0.438 bits per heavy atom. The van der Waals surface area contributed by atoms with Crippen molar-refractivity contribution < 1.29 is 64.6 Å². The fourth-order valence-electron chi connectivity index (χ4n) is 11.2. The first-order valence-corrected chi connectivity index (χ1v) is 33.6. The van der Waals surface area contributed by atoms with E-state index in [0.29, 0.717) is 6.42 Å². The number of aliphatic hydroxyl groups excluding tert-OH is 8. The summed E-state index contributed by atoms with van der Waals surface area (Å²) in [5.41, 5.74) is 0. The van der Waals surface area contributed by atoms with Crippen LogP contribution >= 0.6 is 0 Å². The average molecular weight is 1140 g/mol. The molecule has 12 unspecified atom stereocenters. The summed E-state index contributed by atoms with van der Waals surface area (Å²) < 4.78 is 22.8. The minimum Gasteiger partial charge on any atom is -0.394 e. The second-order valence-electron chi connectivity index (χ2n) is 24.0. The Kier molecular flexibility index (Phi) is 48.3. The largest absolute Gasteiger partial charge is 0.394 e. The van der Waals surface area contributed by atoms with Gasteiger partial charge in [-0.25, -0.2) is 0 Å². The van der Waals surface area contributed by atoms with Gasteiger partial charge >= 0.3 is 0 Å². The summed E-state index contributed by atoms with van der Waals surface area (Å²) in [7, 11) is 0. The highest BCUT2D eigenvalue weighted by Crippen LogP contribution is 2.30. The molecular weight excluding hydrogens is 1010 g/mol. The van der Waals surface area contributed by atoms with Crippen molar-refractivity contribution in [2.24, 2.45) is 0 Å². The molecule has 472 valence electrons. The van der Waals surface area contributed by atoms with E-state index in [1.807, 2.05) is 6.08 Å². The molecule has 80 heavy (non-hydrogen) atoms. The van der Waals surface area contributed by atoms with Crippen LogP contribution in [0.2, 0.25) is 0 Å². The highest BCUT2D eigenvalue weighted by Gasteiger charge is 2.51. The van der Waals surface area contributed by atoms with E-state index in [2.05, 4.69) is 31.3 Å². The van der Waals surface area contributed by atoms with E-state index in [9.17, 15) is 45.6 Å². The number of ether oxygens (including phenoxy) is 4. The molecule has 0 saturated carbocycles. The van der Waals surface area contributed by atoms with Gasteiger partial charge in [0, 0.05) is 6.42 Å². The molecule has 2 rings (SSSR count). The minimum atomic E-state index is -1.79. The van der Waals surface area contributed by atoms with Crippen LogP contribution in [0, 0.1) is 0 Å². The standard InChI is InChI=1S/C66H125NO13/c1-3-5-7-9-11-13-15-17-19-21-23-25-27-29-31-33-35-37-39-41-43-45-47-49-55(70)54(53-77-65-63(76)61(74)64(57(52-69)79-65)80-66-62(75)60(73)59(72)56(51-68)78-66)67-58(71)50-48-46-44-42-40-38-36-34-32-30-28-26-24-22-20-18-16-14-12-10-8-6-4-2/h22,24,47,49,54-57,59-66,68-70,72-76H,3-21,23,25-46,48,50-53H2,1-2H3,(H,67,71)/b24-22-,49-47+. The predicted molar refractivity (Wildman–Crippen MR) is 323 cm³/mol. The Hall–Kier alpha value is -1.53. The molecule has 0 spiro atoms. The third-order valence-corrected chi connectivity index (χ3v) is 16.6. The monoisotopic (exact) mass is 1140 g/mol. The van der Waals surface area contributed by atoms with Crippen LogP contribution in [0.15, 0.2) is 24.3 Å². The summed E-state index contributed by atoms with van der Waals surface area (Å²) in [6, 6.07) is -0.914. The van der Waals surface area contributed by atoms with Gasteiger partial charge in [-0.2, -0.15) is 0 Å². The lowest BCUT2D eigenvalue weighted by Crippen LogP contribution is -2.65. The molecule has 0 bridgehead atoms. The van der Waals surface area contributed by atoms with Crippen LogP contribution in [0.4, 0.5) is 0 Å². The fraction of sp³-hybridized carbons (Fsp3) is 0.924. The molecule has 0 aromatic carbocycles. The molecule has 2 aliphatic rings. The van der Waals surface area contributed by atoms with Crippen molar-refractivity contribution in [3.8, 4) is 0 Å². The molecule has 9 N–H and O–H groups in total. The number of allylic oxidation sites excluding steroid dienone is 3. The molecule has 12 atom stereocenters. The number of unbranched alkanes of at least 4 members (excludes halogenated alkanes) is 40. The van der Waals surface area contributed by atoms with Crippen LogP contribution < -0.4 is 5.32 Å². The van der Waals surface area contributed by atoms with Crippen LogP contribution in [0.5, 0.6) is 0 Å². The van der Waals surface area contributed by atoms with Crippen LogP contribution in [-0.4, -0.2) is 140 Å². The minimum absolute atomic E-state index is 0.235. The van der Waals surface area contributed by atoms with Gasteiger partial charge in [0.05, 0.1) is 32.0 Å². The average Bonchev–Trinajstić information content (AvgIpc) is 3.46. The van der Waals surface area contributed by atoms with Crippen molar-refractivity contribution in [2.75, 3.05) is 19.8 Å². The summed E-state index contributed by atoms with van der Waals surface area (Å²) >= 11 is 0. The number of rotatable bonds is 55. The lowest BCUT2D eigenvalue weighted by molar-refractivity contribution is -0.359. The Bertz CT molecular complexity index is 1440. The SMILES string of the molecule is CCCCCCCCCC/C=C\CCCCCCCCCCCCCC(=O)NC(COC1OC(CO)C(OC2OC(CO)C(O)C(O)C2O)C(O)C1O)C(O)/C=C/CCCCCCCCCCCCCCCCCCCCCCC. The quantitative estimate of drug-likeness (QED) is 0.0204. The predicted octanol–water partition coefficient (Wildman–Crippen LogP) is 12.8. The number of hydrogen-bond acceptors (Lipinski definition) is 13. The smallest absolute Gasteiger partial charge is 0.220 e. The third kappa shape index (κ3) is 36.3. The lowest BCUT2D eigenvalue weighted by Gasteiger charge is -2.46. The van der Waals surface area contributed by atoms with Crippen molar-refractivity contribution in [1.82, 2.24) is 5.32 Å². The van der Waals surface area contributed by atoms with Gasteiger partial charge in [-0.15, -0.1) is 0 Å². The van der Waals surface area contributed by atoms with E-state index in [1.165, 1.54) is 231 Å². The molecule has 1 amide bonds. The first kappa shape index (κ1) is 74.6. The summed E-state index contributed by atoms with van der Waals surface area (Å²) in [6.07, 6.45) is 46.5. The van der Waals surface area contributed by atoms with Crippen molar-refractivity contribution in [3.63, 3.8) is 0 Å². The molecule has 0 aromatic heterocycles. The maximum atomic E-state index is 13.3. The molecule has 14 heteroatoms.